The average Bonchev–Trinajstić information content (AvgIpc) is 2.58. The van der Waals surface area contributed by atoms with Crippen molar-refractivity contribution in [2.75, 3.05) is 13.2 Å². The Morgan fingerprint density at radius 2 is 2.35 bits per heavy atom. The van der Waals surface area contributed by atoms with Crippen molar-refractivity contribution < 1.29 is 4.74 Å². The summed E-state index contributed by atoms with van der Waals surface area (Å²) in [5, 5.41) is 6.24. The molecule has 1 saturated heterocycles. The number of hydrogen-bond acceptors (Lipinski definition) is 3. The van der Waals surface area contributed by atoms with Gasteiger partial charge >= 0.3 is 0 Å². The molecule has 1 fully saturated rings. The Balaban J connectivity index is 2.01. The highest BCUT2D eigenvalue weighted by Crippen LogP contribution is 2.24. The maximum Gasteiger partial charge on any atom is 0.0985 e. The maximum atomic E-state index is 5.21. The predicted octanol–water partition coefficient (Wildman–Crippen LogP) is 2.47. The number of ether oxygens (including phenoxy) is 1. The molecule has 90 valence electrons. The molecule has 1 aliphatic rings. The van der Waals surface area contributed by atoms with E-state index in [0.29, 0.717) is 11.3 Å². The average molecular weight is 248 g/mol. The van der Waals surface area contributed by atoms with Crippen LogP contribution in [0.2, 0.25) is 0 Å². The second-order valence-corrected chi connectivity index (χ2v) is 5.59. The van der Waals surface area contributed by atoms with Gasteiger partial charge in [0.05, 0.1) is 24.8 Å². The van der Waals surface area contributed by atoms with E-state index in [4.69, 9.17) is 4.74 Å². The Labute approximate surface area is 106 Å². The summed E-state index contributed by atoms with van der Waals surface area (Å²) in [6.45, 7) is 3.69. The van der Waals surface area contributed by atoms with Crippen LogP contribution in [0.4, 0.5) is 0 Å². The third kappa shape index (κ3) is 2.07. The first-order valence-corrected chi connectivity index (χ1v) is 6.48. The second-order valence-electron chi connectivity index (χ2n) is 4.70. The highest BCUT2D eigenvalue weighted by Gasteiger charge is 2.21. The lowest BCUT2D eigenvalue weighted by molar-refractivity contribution is -0.0283. The Kier molecular flexibility index (Phi) is 2.84. The first-order chi connectivity index (χ1) is 8.24. The third-order valence-electron chi connectivity index (χ3n) is 3.17. The van der Waals surface area contributed by atoms with Crippen LogP contribution in [-0.2, 0) is 11.2 Å². The van der Waals surface area contributed by atoms with Crippen molar-refractivity contribution in [3.05, 3.63) is 30.0 Å². The molecule has 17 heavy (non-hydrogen) atoms. The fourth-order valence-electron chi connectivity index (χ4n) is 2.18. The van der Waals surface area contributed by atoms with Gasteiger partial charge < -0.3 is 4.74 Å². The highest BCUT2D eigenvalue weighted by molar-refractivity contribution is 7.80. The summed E-state index contributed by atoms with van der Waals surface area (Å²) < 4.78 is 7.25. The predicted molar refractivity (Wildman–Crippen MR) is 71.7 cm³/mol. The molecule has 1 aromatic heterocycles. The minimum absolute atomic E-state index is 0.371. The van der Waals surface area contributed by atoms with Crippen LogP contribution in [0.3, 0.4) is 0 Å². The monoisotopic (exact) mass is 248 g/mol. The molecule has 0 amide bonds. The molecule has 4 heteroatoms. The van der Waals surface area contributed by atoms with E-state index in [1.807, 2.05) is 4.68 Å². The van der Waals surface area contributed by atoms with E-state index in [1.165, 1.54) is 10.9 Å². The van der Waals surface area contributed by atoms with Gasteiger partial charge in [0, 0.05) is 16.8 Å². The molecular formula is C13H16N2OS. The molecule has 0 bridgehead atoms. The van der Waals surface area contributed by atoms with Crippen LogP contribution < -0.4 is 0 Å². The molecule has 2 aromatic rings. The molecule has 0 spiro atoms. The van der Waals surface area contributed by atoms with E-state index in [0.717, 1.165) is 25.2 Å². The summed E-state index contributed by atoms with van der Waals surface area (Å²) in [6, 6.07) is 6.72. The van der Waals surface area contributed by atoms with Gasteiger partial charge in [-0.05, 0) is 18.1 Å². The fourth-order valence-corrected chi connectivity index (χ4v) is 2.38. The van der Waals surface area contributed by atoms with Gasteiger partial charge in [0.15, 0.2) is 0 Å². The molecule has 1 unspecified atom stereocenters. The summed E-state index contributed by atoms with van der Waals surface area (Å²) in [6.07, 6.45) is 3.13. The number of hydrogen-bond donors (Lipinski definition) is 1. The van der Waals surface area contributed by atoms with Crippen LogP contribution in [0.15, 0.2) is 24.4 Å². The van der Waals surface area contributed by atoms with Crippen molar-refractivity contribution in [2.24, 2.45) is 0 Å². The summed E-state index contributed by atoms with van der Waals surface area (Å²) >= 11 is 4.46. The smallest absolute Gasteiger partial charge is 0.0985 e. The van der Waals surface area contributed by atoms with E-state index in [-0.39, 0.29) is 0 Å². The van der Waals surface area contributed by atoms with E-state index in [2.05, 4.69) is 49.0 Å². The Hall–Kier alpha value is -1.00. The van der Waals surface area contributed by atoms with E-state index >= 15 is 0 Å². The Morgan fingerprint density at radius 3 is 3.00 bits per heavy atom. The van der Waals surface area contributed by atoms with Gasteiger partial charge in [-0.1, -0.05) is 19.1 Å². The molecule has 2 heterocycles. The largest absolute Gasteiger partial charge is 0.377 e. The molecule has 3 rings (SSSR count). The minimum atomic E-state index is 0.371. The first-order valence-electron chi connectivity index (χ1n) is 5.96. The molecule has 1 atom stereocenters. The van der Waals surface area contributed by atoms with Gasteiger partial charge in [-0.3, -0.25) is 4.68 Å². The van der Waals surface area contributed by atoms with Crippen molar-refractivity contribution in [2.45, 2.75) is 24.6 Å². The first kappa shape index (κ1) is 11.1. The van der Waals surface area contributed by atoms with Crippen LogP contribution in [0, 0.1) is 0 Å². The molecular weight excluding hydrogens is 232 g/mol. The summed E-state index contributed by atoms with van der Waals surface area (Å²) in [5.41, 5.74) is 2.40. The third-order valence-corrected chi connectivity index (χ3v) is 3.35. The number of thiol groups is 1. The van der Waals surface area contributed by atoms with Gasteiger partial charge in [0.25, 0.3) is 0 Å². The van der Waals surface area contributed by atoms with Crippen LogP contribution in [0.25, 0.3) is 10.9 Å². The van der Waals surface area contributed by atoms with Crippen molar-refractivity contribution >= 4 is 23.5 Å². The van der Waals surface area contributed by atoms with Gasteiger partial charge in [-0.15, -0.1) is 0 Å². The topological polar surface area (TPSA) is 27.1 Å². The molecule has 0 aliphatic carbocycles. The number of nitrogens with zero attached hydrogens (tertiary/aromatic N) is 2. The zero-order chi connectivity index (χ0) is 11.8. The molecule has 1 aliphatic heterocycles. The van der Waals surface area contributed by atoms with Crippen molar-refractivity contribution in [1.29, 1.82) is 0 Å². The van der Waals surface area contributed by atoms with E-state index in [1.54, 1.807) is 0 Å². The lowest BCUT2D eigenvalue weighted by atomic mass is 10.1. The molecule has 0 N–H and O–H groups in total. The van der Waals surface area contributed by atoms with Crippen molar-refractivity contribution in [3.8, 4) is 0 Å². The SMILES string of the molecule is CC(S)Cc1cccc2nn(C3COC3)cc12. The quantitative estimate of drug-likeness (QED) is 0.845. The number of rotatable bonds is 3. The lowest BCUT2D eigenvalue weighted by Crippen LogP contribution is -2.30. The lowest BCUT2D eigenvalue weighted by Gasteiger charge is -2.25. The second kappa shape index (κ2) is 4.35. The highest BCUT2D eigenvalue weighted by atomic mass is 32.1. The summed E-state index contributed by atoms with van der Waals surface area (Å²) in [4.78, 5) is 0. The molecule has 1 aromatic carbocycles. The fraction of sp³-hybridized carbons (Fsp3) is 0.462. The van der Waals surface area contributed by atoms with Crippen LogP contribution in [0.1, 0.15) is 18.5 Å². The maximum absolute atomic E-state index is 5.21. The zero-order valence-electron chi connectivity index (χ0n) is 9.84. The van der Waals surface area contributed by atoms with E-state index < -0.39 is 0 Å². The standard InChI is InChI=1S/C13H16N2OS/c1-9(17)5-10-3-2-4-13-12(10)6-15(14-13)11-7-16-8-11/h2-4,6,9,11,17H,5,7-8H2,1H3. The molecule has 3 nitrogen and oxygen atoms in total. The van der Waals surface area contributed by atoms with Crippen LogP contribution >= 0.6 is 12.6 Å². The zero-order valence-corrected chi connectivity index (χ0v) is 10.7. The number of aromatic nitrogens is 2. The van der Waals surface area contributed by atoms with E-state index in [9.17, 15) is 0 Å². The van der Waals surface area contributed by atoms with Gasteiger partial charge in [-0.2, -0.15) is 17.7 Å². The molecule has 0 radical (unpaired) electrons. The number of benzene rings is 1. The van der Waals surface area contributed by atoms with Crippen LogP contribution in [-0.4, -0.2) is 28.2 Å². The van der Waals surface area contributed by atoms with Gasteiger partial charge in [0.2, 0.25) is 0 Å². The Bertz CT molecular complexity index is 531. The van der Waals surface area contributed by atoms with Gasteiger partial charge in [0.1, 0.15) is 0 Å². The normalized spacial score (nSPS) is 18.2. The van der Waals surface area contributed by atoms with Crippen LogP contribution in [0.5, 0.6) is 0 Å². The van der Waals surface area contributed by atoms with Crippen molar-refractivity contribution in [1.82, 2.24) is 9.78 Å². The Morgan fingerprint density at radius 1 is 1.53 bits per heavy atom. The molecule has 0 saturated carbocycles. The summed E-state index contributed by atoms with van der Waals surface area (Å²) in [7, 11) is 0. The van der Waals surface area contributed by atoms with Gasteiger partial charge in [-0.25, -0.2) is 0 Å². The minimum Gasteiger partial charge on any atom is -0.377 e. The summed E-state index contributed by atoms with van der Waals surface area (Å²) in [5.74, 6) is 0. The van der Waals surface area contributed by atoms with Crippen molar-refractivity contribution in [3.63, 3.8) is 0 Å². The number of fused-ring (bicyclic) bond motifs is 1.